The van der Waals surface area contributed by atoms with Gasteiger partial charge in [-0.15, -0.1) is 11.6 Å². The van der Waals surface area contributed by atoms with E-state index in [1.807, 2.05) is 12.1 Å². The maximum Gasteiger partial charge on any atom is 0.111 e. The van der Waals surface area contributed by atoms with Crippen LogP contribution in [0, 0.1) is 5.92 Å². The first-order valence-corrected chi connectivity index (χ1v) is 8.40. The fourth-order valence-electron chi connectivity index (χ4n) is 3.27. The molecule has 108 valence electrons. The standard InChI is InChI=1S/C16H20Cl2N2/c17-10-9-15-19-16-13(18)7-4-8-14(16)20(15)11-12-5-2-1-3-6-12/h4,7-8,12H,1-3,5-6,9-11H2. The zero-order valence-electron chi connectivity index (χ0n) is 11.6. The summed E-state index contributed by atoms with van der Waals surface area (Å²) in [6, 6.07) is 6.04. The molecular weight excluding hydrogens is 291 g/mol. The van der Waals surface area contributed by atoms with Crippen molar-refractivity contribution in [3.8, 4) is 0 Å². The number of hydrogen-bond donors (Lipinski definition) is 0. The van der Waals surface area contributed by atoms with Gasteiger partial charge in [0.1, 0.15) is 11.3 Å². The van der Waals surface area contributed by atoms with Gasteiger partial charge in [-0.25, -0.2) is 4.98 Å². The zero-order chi connectivity index (χ0) is 13.9. The minimum Gasteiger partial charge on any atom is -0.328 e. The summed E-state index contributed by atoms with van der Waals surface area (Å²) in [6.45, 7) is 1.06. The van der Waals surface area contributed by atoms with Gasteiger partial charge in [-0.3, -0.25) is 0 Å². The fraction of sp³-hybridized carbons (Fsp3) is 0.562. The second-order valence-corrected chi connectivity index (χ2v) is 6.47. The summed E-state index contributed by atoms with van der Waals surface area (Å²) in [5.74, 6) is 2.45. The predicted octanol–water partition coefficient (Wildman–Crippen LogP) is 5.05. The van der Waals surface area contributed by atoms with Gasteiger partial charge < -0.3 is 4.57 Å². The third-order valence-corrected chi connectivity index (χ3v) is 4.79. The Morgan fingerprint density at radius 1 is 1.20 bits per heavy atom. The summed E-state index contributed by atoms with van der Waals surface area (Å²) < 4.78 is 2.35. The Balaban J connectivity index is 1.97. The van der Waals surface area contributed by atoms with Crippen molar-refractivity contribution < 1.29 is 0 Å². The van der Waals surface area contributed by atoms with Crippen molar-refractivity contribution in [3.63, 3.8) is 0 Å². The number of halogens is 2. The number of imidazole rings is 1. The van der Waals surface area contributed by atoms with Gasteiger partial charge in [0.25, 0.3) is 0 Å². The molecule has 0 bridgehead atoms. The van der Waals surface area contributed by atoms with Crippen LogP contribution in [0.1, 0.15) is 37.9 Å². The lowest BCUT2D eigenvalue weighted by molar-refractivity contribution is 0.319. The highest BCUT2D eigenvalue weighted by Gasteiger charge is 2.18. The van der Waals surface area contributed by atoms with Crippen molar-refractivity contribution in [3.05, 3.63) is 29.0 Å². The Hall–Kier alpha value is -0.730. The smallest absolute Gasteiger partial charge is 0.111 e. The monoisotopic (exact) mass is 310 g/mol. The van der Waals surface area contributed by atoms with E-state index in [-0.39, 0.29) is 0 Å². The molecule has 0 amide bonds. The normalized spacial score (nSPS) is 16.9. The van der Waals surface area contributed by atoms with Gasteiger partial charge in [0.15, 0.2) is 0 Å². The van der Waals surface area contributed by atoms with E-state index in [1.165, 1.54) is 32.1 Å². The summed E-state index contributed by atoms with van der Waals surface area (Å²) in [7, 11) is 0. The predicted molar refractivity (Wildman–Crippen MR) is 85.7 cm³/mol. The lowest BCUT2D eigenvalue weighted by Gasteiger charge is -2.23. The molecule has 0 aliphatic heterocycles. The Labute approximate surface area is 130 Å². The van der Waals surface area contributed by atoms with Crippen LogP contribution < -0.4 is 0 Å². The highest BCUT2D eigenvalue weighted by Crippen LogP contribution is 2.29. The average molecular weight is 311 g/mol. The molecule has 2 nitrogen and oxygen atoms in total. The SMILES string of the molecule is ClCCc1nc2c(Cl)cccc2n1CC1CCCCC1. The molecule has 3 rings (SSSR count). The summed E-state index contributed by atoms with van der Waals surface area (Å²) in [5.41, 5.74) is 2.08. The van der Waals surface area contributed by atoms with Gasteiger partial charge in [-0.1, -0.05) is 36.9 Å². The minimum absolute atomic E-state index is 0.603. The molecule has 1 fully saturated rings. The second kappa shape index (κ2) is 6.36. The van der Waals surface area contributed by atoms with E-state index in [4.69, 9.17) is 28.2 Å². The van der Waals surface area contributed by atoms with Crippen molar-refractivity contribution >= 4 is 34.2 Å². The van der Waals surface area contributed by atoms with Crippen molar-refractivity contribution in [2.45, 2.75) is 45.1 Å². The first-order chi connectivity index (χ1) is 9.79. The van der Waals surface area contributed by atoms with Crippen LogP contribution in [0.15, 0.2) is 18.2 Å². The topological polar surface area (TPSA) is 17.8 Å². The van der Waals surface area contributed by atoms with Gasteiger partial charge in [-0.05, 0) is 30.9 Å². The number of alkyl halides is 1. The fourth-order valence-corrected chi connectivity index (χ4v) is 3.65. The molecule has 0 unspecified atom stereocenters. The first kappa shape index (κ1) is 14.2. The van der Waals surface area contributed by atoms with Crippen molar-refractivity contribution in [1.29, 1.82) is 0 Å². The van der Waals surface area contributed by atoms with Gasteiger partial charge >= 0.3 is 0 Å². The van der Waals surface area contributed by atoms with Gasteiger partial charge in [0.05, 0.1) is 10.5 Å². The highest BCUT2D eigenvalue weighted by molar-refractivity contribution is 6.34. The number of nitrogens with zero attached hydrogens (tertiary/aromatic N) is 2. The molecule has 2 aromatic rings. The number of rotatable bonds is 4. The number of aromatic nitrogens is 2. The first-order valence-electron chi connectivity index (χ1n) is 7.49. The largest absolute Gasteiger partial charge is 0.328 e. The second-order valence-electron chi connectivity index (χ2n) is 5.69. The number of para-hydroxylation sites is 1. The molecule has 1 aliphatic carbocycles. The number of hydrogen-bond acceptors (Lipinski definition) is 1. The van der Waals surface area contributed by atoms with Crippen LogP contribution in [0.2, 0.25) is 5.02 Å². The molecule has 1 aliphatic rings. The number of aryl methyl sites for hydroxylation is 1. The van der Waals surface area contributed by atoms with E-state index in [1.54, 1.807) is 0 Å². The van der Waals surface area contributed by atoms with Crippen LogP contribution in [0.3, 0.4) is 0 Å². The Bertz CT molecular complexity index is 585. The molecule has 0 atom stereocenters. The Morgan fingerprint density at radius 2 is 2.00 bits per heavy atom. The molecule has 1 heterocycles. The molecule has 0 spiro atoms. The molecule has 1 saturated carbocycles. The molecule has 1 aromatic carbocycles. The van der Waals surface area contributed by atoms with E-state index >= 15 is 0 Å². The lowest BCUT2D eigenvalue weighted by Crippen LogP contribution is -2.16. The highest BCUT2D eigenvalue weighted by atomic mass is 35.5. The van der Waals surface area contributed by atoms with Crippen molar-refractivity contribution in [2.75, 3.05) is 5.88 Å². The summed E-state index contributed by atoms with van der Waals surface area (Å²) in [6.07, 6.45) is 7.59. The Morgan fingerprint density at radius 3 is 2.75 bits per heavy atom. The van der Waals surface area contributed by atoms with Crippen molar-refractivity contribution in [1.82, 2.24) is 9.55 Å². The molecule has 0 N–H and O–H groups in total. The van der Waals surface area contributed by atoms with Crippen LogP contribution in [-0.2, 0) is 13.0 Å². The van der Waals surface area contributed by atoms with Crippen LogP contribution in [0.5, 0.6) is 0 Å². The molecule has 1 aromatic heterocycles. The number of benzene rings is 1. The third kappa shape index (κ3) is 2.82. The summed E-state index contributed by atoms with van der Waals surface area (Å²) in [4.78, 5) is 4.71. The van der Waals surface area contributed by atoms with Crippen LogP contribution in [0.25, 0.3) is 11.0 Å². The van der Waals surface area contributed by atoms with Crippen LogP contribution in [0.4, 0.5) is 0 Å². The van der Waals surface area contributed by atoms with E-state index in [9.17, 15) is 0 Å². The molecule has 20 heavy (non-hydrogen) atoms. The molecule has 4 heteroatoms. The quantitative estimate of drug-likeness (QED) is 0.722. The molecule has 0 saturated heterocycles. The average Bonchev–Trinajstić information content (AvgIpc) is 2.81. The molecular formula is C16H20Cl2N2. The van der Waals surface area contributed by atoms with Gasteiger partial charge in [0, 0.05) is 18.8 Å². The third-order valence-electron chi connectivity index (χ3n) is 4.29. The van der Waals surface area contributed by atoms with Crippen LogP contribution >= 0.6 is 23.2 Å². The summed E-state index contributed by atoms with van der Waals surface area (Å²) in [5, 5.41) is 0.737. The van der Waals surface area contributed by atoms with E-state index < -0.39 is 0 Å². The van der Waals surface area contributed by atoms with Gasteiger partial charge in [0.2, 0.25) is 0 Å². The van der Waals surface area contributed by atoms with E-state index in [0.29, 0.717) is 5.88 Å². The van der Waals surface area contributed by atoms with Crippen LogP contribution in [-0.4, -0.2) is 15.4 Å². The Kier molecular flexibility index (Phi) is 4.52. The lowest BCUT2D eigenvalue weighted by atomic mass is 9.89. The summed E-state index contributed by atoms with van der Waals surface area (Å²) >= 11 is 12.2. The number of fused-ring (bicyclic) bond motifs is 1. The van der Waals surface area contributed by atoms with Gasteiger partial charge in [-0.2, -0.15) is 0 Å². The maximum atomic E-state index is 6.28. The molecule has 0 radical (unpaired) electrons. The minimum atomic E-state index is 0.603. The van der Waals surface area contributed by atoms with E-state index in [2.05, 4.69) is 10.6 Å². The maximum absolute atomic E-state index is 6.28. The zero-order valence-corrected chi connectivity index (χ0v) is 13.1. The van der Waals surface area contributed by atoms with Crippen molar-refractivity contribution in [2.24, 2.45) is 5.92 Å². The van der Waals surface area contributed by atoms with E-state index in [0.717, 1.165) is 40.8 Å².